The number of amides is 1. The number of Topliss-reactive ketones (excluding diaryl/α,β-unsaturated/α-hetero) is 1. The number of piperidine rings is 1. The van der Waals surface area contributed by atoms with Gasteiger partial charge in [0.15, 0.2) is 0 Å². The van der Waals surface area contributed by atoms with E-state index >= 15 is 0 Å². The van der Waals surface area contributed by atoms with E-state index in [0.29, 0.717) is 59.5 Å². The number of allylic oxidation sites excluding steroid dienone is 1. The Morgan fingerprint density at radius 1 is 1.00 bits per heavy atom. The smallest absolute Gasteiger partial charge is 0.414 e. The maximum Gasteiger partial charge on any atom is 0.414 e. The molecular formula is C32H55NO4Si. The maximum absolute atomic E-state index is 13.8. The molecule has 2 saturated carbocycles. The lowest BCUT2D eigenvalue weighted by Gasteiger charge is -2.60. The number of ether oxygens (including phenoxy) is 1. The Hall–Kier alpha value is -1.14. The number of fused-ring (bicyclic) bond motifs is 5. The van der Waals surface area contributed by atoms with E-state index in [2.05, 4.69) is 61.5 Å². The highest BCUT2D eigenvalue weighted by Crippen LogP contribution is 2.64. The van der Waals surface area contributed by atoms with E-state index in [9.17, 15) is 9.59 Å². The van der Waals surface area contributed by atoms with Gasteiger partial charge < -0.3 is 9.16 Å². The molecule has 3 aliphatic carbocycles. The van der Waals surface area contributed by atoms with Gasteiger partial charge in [-0.15, -0.1) is 0 Å². The van der Waals surface area contributed by atoms with Crippen LogP contribution in [-0.4, -0.2) is 43.3 Å². The number of rotatable bonds is 5. The van der Waals surface area contributed by atoms with Crippen LogP contribution in [0.5, 0.6) is 0 Å². The quantitative estimate of drug-likeness (QED) is 0.325. The molecule has 1 heterocycles. The lowest BCUT2D eigenvalue weighted by molar-refractivity contribution is -0.118. The highest BCUT2D eigenvalue weighted by atomic mass is 28.4. The van der Waals surface area contributed by atoms with Crippen LogP contribution in [0.3, 0.4) is 0 Å². The number of nitrogens with zero attached hydrogens (tertiary/aromatic N) is 1. The Morgan fingerprint density at radius 3 is 2.16 bits per heavy atom. The van der Waals surface area contributed by atoms with Gasteiger partial charge in [-0.25, -0.2) is 4.79 Å². The van der Waals surface area contributed by atoms with E-state index in [4.69, 9.17) is 9.16 Å². The molecule has 0 aromatic carbocycles. The first kappa shape index (κ1) is 29.8. The van der Waals surface area contributed by atoms with Gasteiger partial charge >= 0.3 is 6.09 Å². The van der Waals surface area contributed by atoms with Gasteiger partial charge in [0.1, 0.15) is 11.4 Å². The van der Waals surface area contributed by atoms with E-state index in [-0.39, 0.29) is 23.0 Å². The van der Waals surface area contributed by atoms with Gasteiger partial charge in [-0.1, -0.05) is 55.4 Å². The fourth-order valence-electron chi connectivity index (χ4n) is 9.47. The molecule has 0 aromatic rings. The second-order valence-corrected chi connectivity index (χ2v) is 21.0. The minimum atomic E-state index is -2.07. The van der Waals surface area contributed by atoms with Gasteiger partial charge in [0.2, 0.25) is 8.32 Å². The number of carbonyl (C=O) groups excluding carboxylic acids is 2. The van der Waals surface area contributed by atoms with Crippen LogP contribution in [0.1, 0.15) is 115 Å². The van der Waals surface area contributed by atoms with Gasteiger partial charge in [0.25, 0.3) is 0 Å². The van der Waals surface area contributed by atoms with Crippen LogP contribution in [0.4, 0.5) is 4.79 Å². The normalized spacial score (nSPS) is 35.8. The maximum atomic E-state index is 13.8. The highest BCUT2D eigenvalue weighted by Gasteiger charge is 2.61. The van der Waals surface area contributed by atoms with Gasteiger partial charge in [0.05, 0.1) is 6.10 Å². The molecule has 0 aromatic heterocycles. The summed E-state index contributed by atoms with van der Waals surface area (Å²) in [5.74, 6) is 1.58. The summed E-state index contributed by atoms with van der Waals surface area (Å²) >= 11 is 0. The van der Waals surface area contributed by atoms with E-state index in [1.807, 2.05) is 25.7 Å². The Labute approximate surface area is 233 Å². The Morgan fingerprint density at radius 2 is 1.61 bits per heavy atom. The Bertz CT molecular complexity index is 943. The van der Waals surface area contributed by atoms with Crippen molar-refractivity contribution < 1.29 is 18.8 Å². The summed E-state index contributed by atoms with van der Waals surface area (Å²) in [5.41, 5.74) is 2.08. The van der Waals surface area contributed by atoms with Crippen LogP contribution in [0.2, 0.25) is 16.6 Å². The third kappa shape index (κ3) is 4.95. The SMILES string of the molecule is CC(C)[Si](O[C@@H]1C=C2N(C(=O)OC(C)(C)C)C[C@H]3[C@@H]4CC(=O)C[C@@]4(C)CC[C@@H]3[C@@]2(C)CC1)(C(C)C)C(C)C. The molecule has 0 spiro atoms. The average Bonchev–Trinajstić information content (AvgIpc) is 3.09. The predicted octanol–water partition coefficient (Wildman–Crippen LogP) is 8.49. The average molecular weight is 546 g/mol. The molecule has 6 atom stereocenters. The number of hydrogen-bond acceptors (Lipinski definition) is 4. The monoisotopic (exact) mass is 545 g/mol. The molecule has 1 aliphatic heterocycles. The first-order chi connectivity index (χ1) is 17.4. The number of carbonyl (C=O) groups is 2. The molecule has 6 heteroatoms. The van der Waals surface area contributed by atoms with Gasteiger partial charge in [0, 0.05) is 30.5 Å². The molecule has 3 fully saturated rings. The van der Waals surface area contributed by atoms with Crippen LogP contribution in [0.25, 0.3) is 0 Å². The van der Waals surface area contributed by atoms with Crippen LogP contribution in [0, 0.1) is 28.6 Å². The second-order valence-electron chi connectivity index (χ2n) is 15.6. The summed E-state index contributed by atoms with van der Waals surface area (Å²) in [7, 11) is -2.07. The van der Waals surface area contributed by atoms with Crippen LogP contribution >= 0.6 is 0 Å². The lowest BCUT2D eigenvalue weighted by atomic mass is 9.50. The molecule has 1 amide bonds. The van der Waals surface area contributed by atoms with Crippen molar-refractivity contribution in [2.75, 3.05) is 6.54 Å². The van der Waals surface area contributed by atoms with Crippen LogP contribution in [0.15, 0.2) is 11.8 Å². The number of likely N-dealkylation sites (tertiary alicyclic amines) is 1. The largest absolute Gasteiger partial charge is 0.443 e. The Balaban J connectivity index is 1.75. The molecule has 216 valence electrons. The summed E-state index contributed by atoms with van der Waals surface area (Å²) in [6.07, 6.45) is 7.74. The molecule has 5 nitrogen and oxygen atoms in total. The molecule has 0 bridgehead atoms. The molecule has 4 rings (SSSR count). The molecule has 0 radical (unpaired) electrons. The van der Waals surface area contributed by atoms with Crippen LogP contribution in [-0.2, 0) is 14.0 Å². The lowest BCUT2D eigenvalue weighted by Crippen LogP contribution is -2.59. The number of hydrogen-bond donors (Lipinski definition) is 0. The van der Waals surface area contributed by atoms with Crippen molar-refractivity contribution in [1.29, 1.82) is 0 Å². The molecule has 1 saturated heterocycles. The van der Waals surface area contributed by atoms with Crippen molar-refractivity contribution in [1.82, 2.24) is 4.90 Å². The molecule has 0 unspecified atom stereocenters. The van der Waals surface area contributed by atoms with Crippen molar-refractivity contribution in [3.8, 4) is 0 Å². The zero-order chi connectivity index (χ0) is 28.4. The zero-order valence-corrected chi connectivity index (χ0v) is 27.1. The first-order valence-electron chi connectivity index (χ1n) is 15.4. The third-order valence-electron chi connectivity index (χ3n) is 11.1. The van der Waals surface area contributed by atoms with Crippen molar-refractivity contribution >= 4 is 20.2 Å². The summed E-state index contributed by atoms with van der Waals surface area (Å²) in [4.78, 5) is 28.4. The summed E-state index contributed by atoms with van der Waals surface area (Å²) in [5, 5.41) is 0. The van der Waals surface area contributed by atoms with Gasteiger partial charge in [-0.05, 0) is 92.3 Å². The van der Waals surface area contributed by atoms with Gasteiger partial charge in [-0.3, -0.25) is 9.69 Å². The first-order valence-corrected chi connectivity index (χ1v) is 17.5. The molecule has 0 N–H and O–H groups in total. The van der Waals surface area contributed by atoms with E-state index < -0.39 is 13.9 Å². The topological polar surface area (TPSA) is 55.8 Å². The molecular weight excluding hydrogens is 490 g/mol. The van der Waals surface area contributed by atoms with E-state index in [1.165, 1.54) is 0 Å². The minimum Gasteiger partial charge on any atom is -0.443 e. The number of ketones is 1. The van der Waals surface area contributed by atoms with Crippen molar-refractivity contribution in [3.05, 3.63) is 11.8 Å². The summed E-state index contributed by atoms with van der Waals surface area (Å²) < 4.78 is 13.3. The van der Waals surface area contributed by atoms with Crippen molar-refractivity contribution in [2.24, 2.45) is 28.6 Å². The third-order valence-corrected chi connectivity index (χ3v) is 17.2. The van der Waals surface area contributed by atoms with Gasteiger partial charge in [-0.2, -0.15) is 0 Å². The standard InChI is InChI=1S/C32H55NO4Si/c1-20(2)38(21(3)4,22(5)6)37-24-12-15-32(11)26-13-14-31(10)18-23(34)16-27(31)25(26)19-33(28(32)17-24)29(35)36-30(7,8)9/h17,20-22,24-27H,12-16,18-19H2,1-11H3/t24-,25+,26-,27-,31+,32+/m0/s1. The molecule has 4 aliphatic rings. The van der Waals surface area contributed by atoms with E-state index in [1.54, 1.807) is 0 Å². The van der Waals surface area contributed by atoms with Crippen molar-refractivity contribution in [2.45, 2.75) is 143 Å². The Kier molecular flexibility index (Phi) is 7.89. The minimum absolute atomic E-state index is 0.0281. The van der Waals surface area contributed by atoms with Crippen LogP contribution < -0.4 is 0 Å². The molecule has 38 heavy (non-hydrogen) atoms. The van der Waals surface area contributed by atoms with Crippen molar-refractivity contribution in [3.63, 3.8) is 0 Å². The zero-order valence-electron chi connectivity index (χ0n) is 26.1. The predicted molar refractivity (Wildman–Crippen MR) is 156 cm³/mol. The summed E-state index contributed by atoms with van der Waals surface area (Å²) in [6.45, 7) is 25.2. The second kappa shape index (κ2) is 10.0. The summed E-state index contributed by atoms with van der Waals surface area (Å²) in [6, 6.07) is 0. The fraction of sp³-hybridized carbons (Fsp3) is 0.875. The van der Waals surface area contributed by atoms with E-state index in [0.717, 1.165) is 31.4 Å². The fourth-order valence-corrected chi connectivity index (χ4v) is 15.0. The highest BCUT2D eigenvalue weighted by molar-refractivity contribution is 6.77.